The Balaban J connectivity index is 1.98. The van der Waals surface area contributed by atoms with Gasteiger partial charge >= 0.3 is 0 Å². The van der Waals surface area contributed by atoms with Gasteiger partial charge in [0, 0.05) is 7.05 Å². The molecule has 98 valence electrons. The smallest absolute Gasteiger partial charge is 0.123 e. The van der Waals surface area contributed by atoms with Gasteiger partial charge in [-0.15, -0.1) is 0 Å². The van der Waals surface area contributed by atoms with E-state index in [2.05, 4.69) is 60.9 Å². The fourth-order valence-electron chi connectivity index (χ4n) is 2.02. The van der Waals surface area contributed by atoms with E-state index in [1.165, 1.54) is 11.9 Å². The zero-order valence-corrected chi connectivity index (χ0v) is 11.8. The third-order valence-electron chi connectivity index (χ3n) is 3.21. The third kappa shape index (κ3) is 3.10. The van der Waals surface area contributed by atoms with E-state index in [9.17, 15) is 0 Å². The van der Waals surface area contributed by atoms with Crippen molar-refractivity contribution in [3.63, 3.8) is 0 Å². The first kappa shape index (κ1) is 13.1. The van der Waals surface area contributed by atoms with Crippen LogP contribution in [0.1, 0.15) is 33.0 Å². The Morgan fingerprint density at radius 2 is 1.94 bits per heavy atom. The summed E-state index contributed by atoms with van der Waals surface area (Å²) in [5.41, 5.74) is 2.66. The molecule has 0 unspecified atom stereocenters. The van der Waals surface area contributed by atoms with Gasteiger partial charge < -0.3 is 9.88 Å². The van der Waals surface area contributed by atoms with Crippen LogP contribution < -0.4 is 5.32 Å². The number of nitrogens with zero attached hydrogens (tertiary/aromatic N) is 2. The summed E-state index contributed by atoms with van der Waals surface area (Å²) in [4.78, 5) is 4.65. The number of nitrogens with one attached hydrogen (secondary N) is 1. The predicted octanol–water partition coefficient (Wildman–Crippen LogP) is 3.10. The minimum atomic E-state index is 0.388. The highest BCUT2D eigenvalue weighted by molar-refractivity contribution is 5.75. The van der Waals surface area contributed by atoms with Gasteiger partial charge in [-0.05, 0) is 30.5 Å². The molecule has 0 saturated heterocycles. The van der Waals surface area contributed by atoms with Crippen LogP contribution in [-0.4, -0.2) is 16.1 Å². The molecule has 0 aliphatic heterocycles. The molecule has 1 aromatic heterocycles. The molecule has 3 nitrogen and oxygen atoms in total. The number of hydrogen-bond donors (Lipinski definition) is 1. The van der Waals surface area contributed by atoms with Gasteiger partial charge in [0.1, 0.15) is 5.82 Å². The number of para-hydroxylation sites is 2. The lowest BCUT2D eigenvalue weighted by molar-refractivity contribution is 0.365. The van der Waals surface area contributed by atoms with Gasteiger partial charge in [0.25, 0.3) is 0 Å². The molecule has 0 aliphatic carbocycles. The van der Waals surface area contributed by atoms with Gasteiger partial charge in [-0.25, -0.2) is 4.98 Å². The van der Waals surface area contributed by atoms with E-state index in [1.807, 2.05) is 6.07 Å². The van der Waals surface area contributed by atoms with Crippen molar-refractivity contribution < 1.29 is 0 Å². The molecule has 0 fully saturated rings. The molecule has 1 N–H and O–H groups in total. The fourth-order valence-corrected chi connectivity index (χ4v) is 2.02. The van der Waals surface area contributed by atoms with Gasteiger partial charge in [0.15, 0.2) is 0 Å². The molecular weight excluding hydrogens is 222 g/mol. The van der Waals surface area contributed by atoms with E-state index in [-0.39, 0.29) is 0 Å². The van der Waals surface area contributed by atoms with Crippen molar-refractivity contribution in [2.24, 2.45) is 12.5 Å². The van der Waals surface area contributed by atoms with Gasteiger partial charge in [0.05, 0.1) is 17.6 Å². The number of aryl methyl sites for hydroxylation is 1. The summed E-state index contributed by atoms with van der Waals surface area (Å²) >= 11 is 0. The van der Waals surface area contributed by atoms with Crippen molar-refractivity contribution in [3.8, 4) is 0 Å². The molecule has 18 heavy (non-hydrogen) atoms. The van der Waals surface area contributed by atoms with Crippen molar-refractivity contribution in [2.75, 3.05) is 6.54 Å². The van der Waals surface area contributed by atoms with E-state index in [4.69, 9.17) is 0 Å². The summed E-state index contributed by atoms with van der Waals surface area (Å²) in [5, 5.41) is 3.48. The predicted molar refractivity (Wildman–Crippen MR) is 76.5 cm³/mol. The van der Waals surface area contributed by atoms with Gasteiger partial charge in [-0.1, -0.05) is 32.9 Å². The SMILES string of the molecule is Cn1c(CNCCC(C)(C)C)nc2ccccc21. The van der Waals surface area contributed by atoms with Crippen molar-refractivity contribution in [2.45, 2.75) is 33.7 Å². The lowest BCUT2D eigenvalue weighted by Gasteiger charge is -2.17. The first-order valence-electron chi connectivity index (χ1n) is 6.58. The van der Waals surface area contributed by atoms with Crippen molar-refractivity contribution in [1.29, 1.82) is 0 Å². The Bertz CT molecular complexity index is 520. The van der Waals surface area contributed by atoms with Crippen molar-refractivity contribution in [3.05, 3.63) is 30.1 Å². The van der Waals surface area contributed by atoms with Crippen LogP contribution in [0.4, 0.5) is 0 Å². The van der Waals surface area contributed by atoms with Gasteiger partial charge in [0.2, 0.25) is 0 Å². The van der Waals surface area contributed by atoms with E-state index in [0.717, 1.165) is 24.4 Å². The Labute approximate surface area is 109 Å². The van der Waals surface area contributed by atoms with Gasteiger partial charge in [-0.3, -0.25) is 0 Å². The number of imidazole rings is 1. The molecule has 3 heteroatoms. The fraction of sp³-hybridized carbons (Fsp3) is 0.533. The number of hydrogen-bond acceptors (Lipinski definition) is 2. The molecule has 2 aromatic rings. The normalized spacial score (nSPS) is 12.2. The van der Waals surface area contributed by atoms with E-state index < -0.39 is 0 Å². The first-order chi connectivity index (χ1) is 8.47. The molecular formula is C15H23N3. The summed E-state index contributed by atoms with van der Waals surface area (Å²) in [7, 11) is 2.08. The largest absolute Gasteiger partial charge is 0.330 e. The molecule has 1 heterocycles. The molecule has 0 aliphatic rings. The van der Waals surface area contributed by atoms with Crippen LogP contribution in [0.5, 0.6) is 0 Å². The number of benzene rings is 1. The second-order valence-electron chi connectivity index (χ2n) is 6.06. The minimum absolute atomic E-state index is 0.388. The summed E-state index contributed by atoms with van der Waals surface area (Å²) < 4.78 is 2.17. The summed E-state index contributed by atoms with van der Waals surface area (Å²) in [5.74, 6) is 1.10. The standard InChI is InChI=1S/C15H23N3/c1-15(2,3)9-10-16-11-14-17-12-7-5-6-8-13(12)18(14)4/h5-8,16H,9-11H2,1-4H3. The van der Waals surface area contributed by atoms with Crippen LogP contribution in [0, 0.1) is 5.41 Å². The van der Waals surface area contributed by atoms with Crippen LogP contribution in [-0.2, 0) is 13.6 Å². The molecule has 2 rings (SSSR count). The van der Waals surface area contributed by atoms with E-state index in [1.54, 1.807) is 0 Å². The second kappa shape index (κ2) is 5.11. The summed E-state index contributed by atoms with van der Waals surface area (Å²) in [6.45, 7) is 8.67. The van der Waals surface area contributed by atoms with Crippen LogP contribution in [0.15, 0.2) is 24.3 Å². The van der Waals surface area contributed by atoms with E-state index in [0.29, 0.717) is 5.41 Å². The molecule has 0 radical (unpaired) electrons. The highest BCUT2D eigenvalue weighted by Gasteiger charge is 2.10. The maximum absolute atomic E-state index is 4.65. The Morgan fingerprint density at radius 1 is 1.22 bits per heavy atom. The topological polar surface area (TPSA) is 29.9 Å². The zero-order chi connectivity index (χ0) is 13.2. The van der Waals surface area contributed by atoms with Crippen molar-refractivity contribution >= 4 is 11.0 Å². The summed E-state index contributed by atoms with van der Waals surface area (Å²) in [6.07, 6.45) is 1.18. The maximum atomic E-state index is 4.65. The Kier molecular flexibility index (Phi) is 3.71. The highest BCUT2D eigenvalue weighted by atomic mass is 15.1. The lowest BCUT2D eigenvalue weighted by atomic mass is 9.92. The van der Waals surface area contributed by atoms with Crippen LogP contribution in [0.25, 0.3) is 11.0 Å². The monoisotopic (exact) mass is 245 g/mol. The quantitative estimate of drug-likeness (QED) is 0.839. The lowest BCUT2D eigenvalue weighted by Crippen LogP contribution is -2.21. The van der Waals surface area contributed by atoms with Crippen LogP contribution in [0.3, 0.4) is 0 Å². The molecule has 0 saturated carbocycles. The Morgan fingerprint density at radius 3 is 2.61 bits per heavy atom. The average Bonchev–Trinajstić information content (AvgIpc) is 2.62. The molecule has 0 spiro atoms. The molecule has 0 atom stereocenters. The Hall–Kier alpha value is -1.35. The molecule has 1 aromatic carbocycles. The number of fused-ring (bicyclic) bond motifs is 1. The zero-order valence-electron chi connectivity index (χ0n) is 11.8. The summed E-state index contributed by atoms with van der Waals surface area (Å²) in [6, 6.07) is 8.27. The van der Waals surface area contributed by atoms with Gasteiger partial charge in [-0.2, -0.15) is 0 Å². The number of aromatic nitrogens is 2. The van der Waals surface area contributed by atoms with Crippen LogP contribution >= 0.6 is 0 Å². The molecule has 0 amide bonds. The highest BCUT2D eigenvalue weighted by Crippen LogP contribution is 2.17. The first-order valence-corrected chi connectivity index (χ1v) is 6.58. The average molecular weight is 245 g/mol. The van der Waals surface area contributed by atoms with E-state index >= 15 is 0 Å². The minimum Gasteiger partial charge on any atom is -0.330 e. The number of rotatable bonds is 4. The maximum Gasteiger partial charge on any atom is 0.123 e. The molecule has 0 bridgehead atoms. The van der Waals surface area contributed by atoms with Crippen molar-refractivity contribution in [1.82, 2.24) is 14.9 Å². The van der Waals surface area contributed by atoms with Crippen LogP contribution in [0.2, 0.25) is 0 Å². The second-order valence-corrected chi connectivity index (χ2v) is 6.06. The third-order valence-corrected chi connectivity index (χ3v) is 3.21.